The van der Waals surface area contributed by atoms with Gasteiger partial charge in [-0.3, -0.25) is 9.69 Å². The third-order valence-corrected chi connectivity index (χ3v) is 3.01. The molecule has 18 heavy (non-hydrogen) atoms. The number of hydrogen-bond donors (Lipinski definition) is 1. The number of aromatic nitrogens is 1. The van der Waals surface area contributed by atoms with Crippen LogP contribution in [0, 0.1) is 0 Å². The second-order valence-electron chi connectivity index (χ2n) is 4.34. The third-order valence-electron chi connectivity index (χ3n) is 3.01. The standard InChI is InChI=1S/C13H18N2O3/c1-2-3-15-10-13(17)12(16)8-11(15)9-14-4-6-18-7-5-14/h2,8,10,17H,1,3-7,9H2. The maximum atomic E-state index is 11.5. The monoisotopic (exact) mass is 250 g/mol. The largest absolute Gasteiger partial charge is 0.503 e. The van der Waals surface area contributed by atoms with Gasteiger partial charge in [0.2, 0.25) is 5.43 Å². The highest BCUT2D eigenvalue weighted by atomic mass is 16.5. The van der Waals surface area contributed by atoms with Gasteiger partial charge >= 0.3 is 0 Å². The summed E-state index contributed by atoms with van der Waals surface area (Å²) in [5.74, 6) is -0.220. The Morgan fingerprint density at radius 1 is 1.44 bits per heavy atom. The zero-order chi connectivity index (χ0) is 13.0. The van der Waals surface area contributed by atoms with Gasteiger partial charge in [-0.1, -0.05) is 6.08 Å². The number of aromatic hydroxyl groups is 1. The van der Waals surface area contributed by atoms with Crippen LogP contribution in [0.15, 0.2) is 29.7 Å². The Kier molecular flexibility index (Phi) is 4.17. The van der Waals surface area contributed by atoms with Crippen molar-refractivity contribution in [2.45, 2.75) is 13.1 Å². The fourth-order valence-electron chi connectivity index (χ4n) is 2.04. The number of pyridine rings is 1. The van der Waals surface area contributed by atoms with Crippen molar-refractivity contribution in [1.29, 1.82) is 0 Å². The van der Waals surface area contributed by atoms with Gasteiger partial charge in [-0.05, 0) is 0 Å². The van der Waals surface area contributed by atoms with Gasteiger partial charge in [0, 0.05) is 37.9 Å². The van der Waals surface area contributed by atoms with Crippen LogP contribution in [-0.2, 0) is 17.8 Å². The molecule has 5 nitrogen and oxygen atoms in total. The first-order valence-electron chi connectivity index (χ1n) is 6.04. The second kappa shape index (κ2) is 5.84. The van der Waals surface area contributed by atoms with Gasteiger partial charge in [-0.2, -0.15) is 0 Å². The average Bonchev–Trinajstić information content (AvgIpc) is 2.37. The summed E-state index contributed by atoms with van der Waals surface area (Å²) in [5, 5.41) is 9.46. The Bertz CT molecular complexity index is 476. The summed E-state index contributed by atoms with van der Waals surface area (Å²) in [5.41, 5.74) is 0.554. The van der Waals surface area contributed by atoms with Crippen molar-refractivity contribution in [2.24, 2.45) is 0 Å². The lowest BCUT2D eigenvalue weighted by Gasteiger charge is -2.27. The lowest BCUT2D eigenvalue weighted by atomic mass is 10.2. The van der Waals surface area contributed by atoms with Crippen molar-refractivity contribution in [3.05, 3.63) is 40.8 Å². The molecule has 0 atom stereocenters. The van der Waals surface area contributed by atoms with Crippen molar-refractivity contribution in [3.8, 4) is 5.75 Å². The summed E-state index contributed by atoms with van der Waals surface area (Å²) in [6.07, 6.45) is 3.21. The topological polar surface area (TPSA) is 54.7 Å². The van der Waals surface area contributed by atoms with Crippen LogP contribution in [0.3, 0.4) is 0 Å². The maximum absolute atomic E-state index is 11.5. The van der Waals surface area contributed by atoms with Gasteiger partial charge in [0.25, 0.3) is 0 Å². The minimum atomic E-state index is -0.335. The molecule has 2 rings (SSSR count). The quantitative estimate of drug-likeness (QED) is 0.794. The number of allylic oxidation sites excluding steroid dienone is 1. The average molecular weight is 250 g/mol. The fourth-order valence-corrected chi connectivity index (χ4v) is 2.04. The van der Waals surface area contributed by atoms with E-state index in [-0.39, 0.29) is 11.2 Å². The third kappa shape index (κ3) is 3.00. The molecule has 1 saturated heterocycles. The van der Waals surface area contributed by atoms with E-state index in [0.717, 1.165) is 32.0 Å². The number of ether oxygens (including phenoxy) is 1. The zero-order valence-corrected chi connectivity index (χ0v) is 10.3. The molecule has 0 radical (unpaired) electrons. The van der Waals surface area contributed by atoms with E-state index in [1.54, 1.807) is 6.08 Å². The summed E-state index contributed by atoms with van der Waals surface area (Å²) >= 11 is 0. The first-order chi connectivity index (χ1) is 8.70. The predicted molar refractivity (Wildman–Crippen MR) is 68.7 cm³/mol. The molecule has 1 aliphatic heterocycles. The molecule has 1 aliphatic rings. The molecule has 98 valence electrons. The molecule has 0 amide bonds. The SMILES string of the molecule is C=CCn1cc(O)c(=O)cc1CN1CCOCC1. The van der Waals surface area contributed by atoms with E-state index in [1.807, 2.05) is 4.57 Å². The molecule has 5 heteroatoms. The first-order valence-corrected chi connectivity index (χ1v) is 6.04. The molecular formula is C13H18N2O3. The van der Waals surface area contributed by atoms with E-state index in [2.05, 4.69) is 11.5 Å². The fraction of sp³-hybridized carbons (Fsp3) is 0.462. The van der Waals surface area contributed by atoms with Crippen molar-refractivity contribution < 1.29 is 9.84 Å². The van der Waals surface area contributed by atoms with Crippen LogP contribution in [0.2, 0.25) is 0 Å². The van der Waals surface area contributed by atoms with E-state index in [4.69, 9.17) is 4.74 Å². The maximum Gasteiger partial charge on any atom is 0.223 e. The summed E-state index contributed by atoms with van der Waals surface area (Å²) in [7, 11) is 0. The molecule has 0 bridgehead atoms. The Morgan fingerprint density at radius 2 is 2.17 bits per heavy atom. The molecule has 0 aromatic carbocycles. The number of nitrogens with zero attached hydrogens (tertiary/aromatic N) is 2. The summed E-state index contributed by atoms with van der Waals surface area (Å²) in [6, 6.07) is 1.49. The predicted octanol–water partition coefficient (Wildman–Crippen LogP) is 0.572. The molecule has 0 saturated carbocycles. The van der Waals surface area contributed by atoms with E-state index < -0.39 is 0 Å². The molecule has 1 fully saturated rings. The first kappa shape index (κ1) is 12.9. The highest BCUT2D eigenvalue weighted by Gasteiger charge is 2.13. The van der Waals surface area contributed by atoms with Crippen LogP contribution in [0.1, 0.15) is 5.69 Å². The van der Waals surface area contributed by atoms with Crippen molar-refractivity contribution in [3.63, 3.8) is 0 Å². The van der Waals surface area contributed by atoms with Crippen LogP contribution in [0.5, 0.6) is 5.75 Å². The second-order valence-corrected chi connectivity index (χ2v) is 4.34. The van der Waals surface area contributed by atoms with Gasteiger partial charge in [-0.15, -0.1) is 6.58 Å². The van der Waals surface area contributed by atoms with Gasteiger partial charge in [0.1, 0.15) is 0 Å². The van der Waals surface area contributed by atoms with Gasteiger partial charge in [0.15, 0.2) is 5.75 Å². The number of morpholine rings is 1. The van der Waals surface area contributed by atoms with E-state index >= 15 is 0 Å². The molecule has 1 aromatic rings. The van der Waals surface area contributed by atoms with E-state index in [9.17, 15) is 9.90 Å². The highest BCUT2D eigenvalue weighted by Crippen LogP contribution is 2.09. The minimum absolute atomic E-state index is 0.220. The minimum Gasteiger partial charge on any atom is -0.503 e. The lowest BCUT2D eigenvalue weighted by molar-refractivity contribution is 0.0331. The summed E-state index contributed by atoms with van der Waals surface area (Å²) in [6.45, 7) is 8.13. The van der Waals surface area contributed by atoms with Crippen LogP contribution in [-0.4, -0.2) is 40.9 Å². The van der Waals surface area contributed by atoms with Crippen LogP contribution in [0.4, 0.5) is 0 Å². The smallest absolute Gasteiger partial charge is 0.223 e. The Labute approximate surface area is 106 Å². The van der Waals surface area contributed by atoms with Crippen LogP contribution >= 0.6 is 0 Å². The Morgan fingerprint density at radius 3 is 2.83 bits per heavy atom. The summed E-state index contributed by atoms with van der Waals surface area (Å²) < 4.78 is 7.14. The highest BCUT2D eigenvalue weighted by molar-refractivity contribution is 5.20. The molecule has 1 N–H and O–H groups in total. The van der Waals surface area contributed by atoms with Gasteiger partial charge < -0.3 is 14.4 Å². The zero-order valence-electron chi connectivity index (χ0n) is 10.3. The number of hydrogen-bond acceptors (Lipinski definition) is 4. The lowest BCUT2D eigenvalue weighted by Crippen LogP contribution is -2.36. The normalized spacial score (nSPS) is 16.7. The molecule has 0 aliphatic carbocycles. The molecule has 0 spiro atoms. The van der Waals surface area contributed by atoms with Crippen molar-refractivity contribution >= 4 is 0 Å². The van der Waals surface area contributed by atoms with Crippen molar-refractivity contribution in [1.82, 2.24) is 9.47 Å². The molecule has 0 unspecified atom stereocenters. The van der Waals surface area contributed by atoms with Crippen LogP contribution in [0.25, 0.3) is 0 Å². The van der Waals surface area contributed by atoms with Crippen molar-refractivity contribution in [2.75, 3.05) is 26.3 Å². The van der Waals surface area contributed by atoms with Crippen LogP contribution < -0.4 is 5.43 Å². The Balaban J connectivity index is 2.21. The summed E-state index contributed by atoms with van der Waals surface area (Å²) in [4.78, 5) is 13.7. The Hall–Kier alpha value is -1.59. The van der Waals surface area contributed by atoms with Gasteiger partial charge in [0.05, 0.1) is 19.4 Å². The van der Waals surface area contributed by atoms with E-state index in [0.29, 0.717) is 13.1 Å². The van der Waals surface area contributed by atoms with Gasteiger partial charge in [-0.25, -0.2) is 0 Å². The molecular weight excluding hydrogens is 232 g/mol. The molecule has 1 aromatic heterocycles. The molecule has 2 heterocycles. The van der Waals surface area contributed by atoms with E-state index in [1.165, 1.54) is 12.3 Å². The number of rotatable bonds is 4.